The molecule has 2 N–H and O–H groups in total. The summed E-state index contributed by atoms with van der Waals surface area (Å²) in [5.41, 5.74) is 7.30. The monoisotopic (exact) mass is 253 g/mol. The Labute approximate surface area is 110 Å². The molecular formula is C13H11N5O. The van der Waals surface area contributed by atoms with Gasteiger partial charge in [0, 0.05) is 0 Å². The topological polar surface area (TPSA) is 101 Å². The molecule has 6 nitrogen and oxygen atoms in total. The van der Waals surface area contributed by atoms with Gasteiger partial charge in [-0.3, -0.25) is 0 Å². The number of benzene rings is 1. The summed E-state index contributed by atoms with van der Waals surface area (Å²) < 4.78 is 6.69. The predicted molar refractivity (Wildman–Crippen MR) is 68.6 cm³/mol. The van der Waals surface area contributed by atoms with Gasteiger partial charge in [0.05, 0.1) is 23.9 Å². The Morgan fingerprint density at radius 2 is 1.95 bits per heavy atom. The maximum atomic E-state index is 9.06. The molecule has 0 atom stereocenters. The normalized spacial score (nSPS) is 9.63. The Bertz CT molecular complexity index is 673. The van der Waals surface area contributed by atoms with Gasteiger partial charge in [-0.05, 0) is 31.2 Å². The van der Waals surface area contributed by atoms with Gasteiger partial charge in [-0.2, -0.15) is 10.5 Å². The van der Waals surface area contributed by atoms with Gasteiger partial charge in [0.1, 0.15) is 11.9 Å². The van der Waals surface area contributed by atoms with Gasteiger partial charge in [0.25, 0.3) is 5.88 Å². The molecule has 2 rings (SSSR count). The average Bonchev–Trinajstić information content (AvgIpc) is 2.75. The van der Waals surface area contributed by atoms with Crippen LogP contribution in [0.15, 0.2) is 24.3 Å². The van der Waals surface area contributed by atoms with E-state index < -0.39 is 0 Å². The molecule has 1 heterocycles. The van der Waals surface area contributed by atoms with Crippen LogP contribution >= 0.6 is 0 Å². The van der Waals surface area contributed by atoms with E-state index in [0.717, 1.165) is 0 Å². The molecule has 2 aromatic rings. The molecule has 0 unspecified atom stereocenters. The second-order valence-electron chi connectivity index (χ2n) is 3.68. The third kappa shape index (κ3) is 2.20. The van der Waals surface area contributed by atoms with E-state index in [2.05, 4.69) is 5.10 Å². The smallest absolute Gasteiger partial charge is 0.253 e. The van der Waals surface area contributed by atoms with Crippen molar-refractivity contribution in [2.45, 2.75) is 6.92 Å². The minimum Gasteiger partial charge on any atom is -0.476 e. The van der Waals surface area contributed by atoms with Crippen LogP contribution in [0.1, 0.15) is 18.1 Å². The molecule has 0 aliphatic rings. The van der Waals surface area contributed by atoms with Gasteiger partial charge < -0.3 is 10.5 Å². The van der Waals surface area contributed by atoms with Crippen LogP contribution in [0.2, 0.25) is 0 Å². The van der Waals surface area contributed by atoms with E-state index in [-0.39, 0.29) is 17.3 Å². The van der Waals surface area contributed by atoms with Crippen LogP contribution in [0, 0.1) is 22.7 Å². The molecule has 0 bridgehead atoms. The van der Waals surface area contributed by atoms with E-state index in [1.165, 1.54) is 4.68 Å². The Morgan fingerprint density at radius 1 is 1.26 bits per heavy atom. The van der Waals surface area contributed by atoms with Crippen molar-refractivity contribution in [2.24, 2.45) is 0 Å². The number of hydrogen-bond donors (Lipinski definition) is 1. The van der Waals surface area contributed by atoms with E-state index in [9.17, 15) is 0 Å². The van der Waals surface area contributed by atoms with Crippen molar-refractivity contribution >= 4 is 5.82 Å². The molecule has 0 aliphatic heterocycles. The fraction of sp³-hybridized carbons (Fsp3) is 0.154. The summed E-state index contributed by atoms with van der Waals surface area (Å²) in [7, 11) is 0. The van der Waals surface area contributed by atoms with Crippen molar-refractivity contribution in [3.8, 4) is 23.7 Å². The standard InChI is InChI=1S/C13H11N5O/c1-2-19-13-11(8-15)12(16)18(17-13)10-5-3-9(7-14)4-6-10/h3-6H,2,16H2,1H3. The first-order valence-electron chi connectivity index (χ1n) is 5.63. The number of nitrogen functional groups attached to an aromatic ring is 1. The number of anilines is 1. The Hall–Kier alpha value is -2.99. The molecule has 6 heteroatoms. The highest BCUT2D eigenvalue weighted by atomic mass is 16.5. The van der Waals surface area contributed by atoms with Crippen molar-refractivity contribution in [1.29, 1.82) is 10.5 Å². The van der Waals surface area contributed by atoms with E-state index in [1.54, 1.807) is 31.2 Å². The zero-order valence-electron chi connectivity index (χ0n) is 10.3. The van der Waals surface area contributed by atoms with Crippen molar-refractivity contribution < 1.29 is 4.74 Å². The fourth-order valence-electron chi connectivity index (χ4n) is 1.63. The molecule has 0 aliphatic carbocycles. The summed E-state index contributed by atoms with van der Waals surface area (Å²) in [4.78, 5) is 0. The first kappa shape index (κ1) is 12.5. The second-order valence-corrected chi connectivity index (χ2v) is 3.68. The largest absolute Gasteiger partial charge is 0.476 e. The van der Waals surface area contributed by atoms with Gasteiger partial charge in [0.15, 0.2) is 5.56 Å². The summed E-state index contributed by atoms with van der Waals surface area (Å²) in [5.74, 6) is 0.433. The number of rotatable bonds is 3. The van der Waals surface area contributed by atoms with E-state index in [4.69, 9.17) is 21.0 Å². The fourth-order valence-corrected chi connectivity index (χ4v) is 1.63. The third-order valence-electron chi connectivity index (χ3n) is 2.52. The summed E-state index contributed by atoms with van der Waals surface area (Å²) in [6.07, 6.45) is 0. The maximum Gasteiger partial charge on any atom is 0.253 e. The van der Waals surface area contributed by atoms with E-state index >= 15 is 0 Å². The van der Waals surface area contributed by atoms with Crippen molar-refractivity contribution in [3.05, 3.63) is 35.4 Å². The number of nitriles is 2. The average molecular weight is 253 g/mol. The highest BCUT2D eigenvalue weighted by Gasteiger charge is 2.17. The van der Waals surface area contributed by atoms with Gasteiger partial charge in [-0.1, -0.05) is 0 Å². The predicted octanol–water partition coefficient (Wildman–Crippen LogP) is 1.60. The number of ether oxygens (including phenoxy) is 1. The number of nitrogens with two attached hydrogens (primary N) is 1. The van der Waals surface area contributed by atoms with E-state index in [1.807, 2.05) is 12.1 Å². The third-order valence-corrected chi connectivity index (χ3v) is 2.52. The van der Waals surface area contributed by atoms with Crippen LogP contribution < -0.4 is 10.5 Å². The Morgan fingerprint density at radius 3 is 2.47 bits per heavy atom. The number of nitrogens with zero attached hydrogens (tertiary/aromatic N) is 4. The molecule has 19 heavy (non-hydrogen) atoms. The van der Waals surface area contributed by atoms with E-state index in [0.29, 0.717) is 17.9 Å². The molecule has 0 saturated carbocycles. The summed E-state index contributed by atoms with van der Waals surface area (Å²) >= 11 is 0. The SMILES string of the molecule is CCOc1nn(-c2ccc(C#N)cc2)c(N)c1C#N. The first-order valence-corrected chi connectivity index (χ1v) is 5.63. The highest BCUT2D eigenvalue weighted by molar-refractivity contribution is 5.59. The Balaban J connectivity index is 2.50. The molecule has 1 aromatic carbocycles. The van der Waals surface area contributed by atoms with Crippen LogP contribution in [-0.4, -0.2) is 16.4 Å². The molecule has 0 amide bonds. The lowest BCUT2D eigenvalue weighted by molar-refractivity contribution is 0.323. The lowest BCUT2D eigenvalue weighted by atomic mass is 10.2. The zero-order chi connectivity index (χ0) is 13.8. The van der Waals surface area contributed by atoms with Crippen molar-refractivity contribution in [3.63, 3.8) is 0 Å². The second kappa shape index (κ2) is 5.11. The molecule has 0 spiro atoms. The van der Waals surface area contributed by atoms with Crippen LogP contribution in [0.5, 0.6) is 5.88 Å². The molecule has 0 saturated heterocycles. The molecule has 94 valence electrons. The van der Waals surface area contributed by atoms with Gasteiger partial charge in [-0.25, -0.2) is 4.68 Å². The summed E-state index contributed by atoms with van der Waals surface area (Å²) in [6, 6.07) is 10.7. The van der Waals surface area contributed by atoms with Crippen LogP contribution in [0.25, 0.3) is 5.69 Å². The molecule has 1 aromatic heterocycles. The first-order chi connectivity index (χ1) is 9.21. The van der Waals surface area contributed by atoms with Gasteiger partial charge in [-0.15, -0.1) is 5.10 Å². The molecule has 0 fully saturated rings. The summed E-state index contributed by atoms with van der Waals surface area (Å²) in [6.45, 7) is 2.20. The summed E-state index contributed by atoms with van der Waals surface area (Å²) in [5, 5.41) is 22.0. The van der Waals surface area contributed by atoms with Crippen LogP contribution in [0.4, 0.5) is 5.82 Å². The molecule has 0 radical (unpaired) electrons. The highest BCUT2D eigenvalue weighted by Crippen LogP contribution is 2.25. The molecular weight excluding hydrogens is 242 g/mol. The van der Waals surface area contributed by atoms with Gasteiger partial charge in [0.2, 0.25) is 0 Å². The maximum absolute atomic E-state index is 9.06. The van der Waals surface area contributed by atoms with Gasteiger partial charge >= 0.3 is 0 Å². The number of aromatic nitrogens is 2. The van der Waals surface area contributed by atoms with Crippen LogP contribution in [0.3, 0.4) is 0 Å². The minimum absolute atomic E-state index is 0.214. The van der Waals surface area contributed by atoms with Crippen molar-refractivity contribution in [2.75, 3.05) is 12.3 Å². The van der Waals surface area contributed by atoms with Crippen LogP contribution in [-0.2, 0) is 0 Å². The number of hydrogen-bond acceptors (Lipinski definition) is 5. The lowest BCUT2D eigenvalue weighted by Gasteiger charge is -2.02. The quantitative estimate of drug-likeness (QED) is 0.895. The minimum atomic E-state index is 0.214. The zero-order valence-corrected chi connectivity index (χ0v) is 10.3. The lowest BCUT2D eigenvalue weighted by Crippen LogP contribution is -2.02. The van der Waals surface area contributed by atoms with Crippen molar-refractivity contribution in [1.82, 2.24) is 9.78 Å². The Kier molecular flexibility index (Phi) is 3.35.